The van der Waals surface area contributed by atoms with E-state index in [4.69, 9.17) is 9.47 Å². The van der Waals surface area contributed by atoms with E-state index in [2.05, 4.69) is 16.0 Å². The number of hydrogen-bond donors (Lipinski definition) is 4. The van der Waals surface area contributed by atoms with E-state index < -0.39 is 54.2 Å². The molecule has 2 heterocycles. The second-order valence-electron chi connectivity index (χ2n) is 19.1. The highest BCUT2D eigenvalue weighted by Crippen LogP contribution is 2.31. The van der Waals surface area contributed by atoms with Gasteiger partial charge in [-0.1, -0.05) is 84.2 Å². The molecule has 4 N–H and O–H groups in total. The van der Waals surface area contributed by atoms with Crippen molar-refractivity contribution in [3.05, 3.63) is 48.0 Å². The summed E-state index contributed by atoms with van der Waals surface area (Å²) in [5.74, 6) is -3.51. The second-order valence-corrected chi connectivity index (χ2v) is 19.1. The van der Waals surface area contributed by atoms with Gasteiger partial charge in [-0.3, -0.25) is 33.7 Å². The van der Waals surface area contributed by atoms with Gasteiger partial charge in [-0.25, -0.2) is 4.79 Å². The van der Waals surface area contributed by atoms with Crippen molar-refractivity contribution in [3.8, 4) is 0 Å². The van der Waals surface area contributed by atoms with Crippen molar-refractivity contribution in [2.75, 3.05) is 40.9 Å². The number of nitrogens with one attached hydrogen (secondary N) is 3. The second kappa shape index (κ2) is 26.6. The minimum Gasteiger partial charge on any atom is -0.480 e. The smallest absolute Gasteiger partial charge is 0.326 e. The highest BCUT2D eigenvalue weighted by molar-refractivity contribution is 6.12. The number of rotatable bonds is 28. The predicted octanol–water partition coefficient (Wildman–Crippen LogP) is 4.49. The van der Waals surface area contributed by atoms with Gasteiger partial charge < -0.3 is 40.3 Å². The molecule has 1 aromatic carbocycles. The molecule has 6 amide bonds. The maximum Gasteiger partial charge on any atom is 0.326 e. The Bertz CT molecular complexity index is 1790. The number of benzene rings is 1. The van der Waals surface area contributed by atoms with Crippen LogP contribution in [0.3, 0.4) is 0 Å². The summed E-state index contributed by atoms with van der Waals surface area (Å²) in [7, 11) is 4.76. The molecular weight excluding hydrogens is 845 g/mol. The molecule has 1 saturated carbocycles. The van der Waals surface area contributed by atoms with E-state index in [0.29, 0.717) is 44.8 Å². The molecule has 1 aliphatic carbocycles. The quantitative estimate of drug-likeness (QED) is 0.0681. The Balaban J connectivity index is 1.30. The molecule has 1 aromatic rings. The summed E-state index contributed by atoms with van der Waals surface area (Å²) in [4.78, 5) is 96.1. The molecule has 0 unspecified atom stereocenters. The molecule has 2 aliphatic heterocycles. The number of ether oxygens (including phenoxy) is 2. The van der Waals surface area contributed by atoms with Crippen LogP contribution in [0.2, 0.25) is 0 Å². The van der Waals surface area contributed by atoms with Gasteiger partial charge in [-0.05, 0) is 74.8 Å². The molecule has 368 valence electrons. The van der Waals surface area contributed by atoms with Crippen molar-refractivity contribution >= 4 is 41.4 Å². The summed E-state index contributed by atoms with van der Waals surface area (Å²) in [6, 6.07) is 6.58. The Morgan fingerprint density at radius 3 is 2.20 bits per heavy atom. The number of aliphatic carboxylic acids is 1. The molecule has 2 fully saturated rings. The number of carboxylic acid groups (broad SMARTS) is 1. The van der Waals surface area contributed by atoms with E-state index in [1.165, 1.54) is 24.2 Å². The van der Waals surface area contributed by atoms with Crippen LogP contribution in [0.1, 0.15) is 117 Å². The minimum atomic E-state index is -1.14. The van der Waals surface area contributed by atoms with Gasteiger partial charge in [0.2, 0.25) is 23.6 Å². The molecule has 0 aromatic heterocycles. The van der Waals surface area contributed by atoms with Gasteiger partial charge in [0.05, 0.1) is 36.6 Å². The summed E-state index contributed by atoms with van der Waals surface area (Å²) in [5, 5.41) is 19.3. The molecule has 3 aliphatic rings. The van der Waals surface area contributed by atoms with Crippen LogP contribution < -0.4 is 16.0 Å². The molecule has 66 heavy (non-hydrogen) atoms. The molecule has 1 saturated heterocycles. The van der Waals surface area contributed by atoms with Crippen molar-refractivity contribution in [1.29, 1.82) is 0 Å². The summed E-state index contributed by atoms with van der Waals surface area (Å²) in [6.07, 6.45) is 10.2. The molecule has 0 spiro atoms. The van der Waals surface area contributed by atoms with E-state index >= 15 is 0 Å². The van der Waals surface area contributed by atoms with Crippen molar-refractivity contribution in [2.24, 2.45) is 23.7 Å². The summed E-state index contributed by atoms with van der Waals surface area (Å²) < 4.78 is 11.9. The Morgan fingerprint density at radius 2 is 1.58 bits per heavy atom. The lowest BCUT2D eigenvalue weighted by atomic mass is 9.89. The maximum atomic E-state index is 14.4. The van der Waals surface area contributed by atoms with Crippen molar-refractivity contribution < 1.29 is 48.1 Å². The van der Waals surface area contributed by atoms with Crippen LogP contribution in [0.15, 0.2) is 42.5 Å². The Kier molecular flexibility index (Phi) is 21.7. The Morgan fingerprint density at radius 1 is 0.894 bits per heavy atom. The number of likely N-dealkylation sites (tertiary alicyclic amines) is 1. The maximum absolute atomic E-state index is 14.4. The van der Waals surface area contributed by atoms with Gasteiger partial charge in [0.1, 0.15) is 12.1 Å². The number of methoxy groups -OCH3 is 2. The number of likely N-dealkylation sites (N-methyl/N-ethyl adjacent to an activating group) is 1. The van der Waals surface area contributed by atoms with Crippen LogP contribution in [-0.2, 0) is 49.5 Å². The number of amides is 6. The fraction of sp³-hybridized carbons (Fsp3) is 0.700. The van der Waals surface area contributed by atoms with Gasteiger partial charge in [0.15, 0.2) is 0 Å². The Labute approximate surface area is 392 Å². The predicted molar refractivity (Wildman–Crippen MR) is 251 cm³/mol. The number of carbonyl (C=O) groups excluding carboxylic acids is 6. The molecule has 0 bridgehead atoms. The fourth-order valence-electron chi connectivity index (χ4n) is 10.0. The highest BCUT2D eigenvalue weighted by atomic mass is 16.5. The lowest BCUT2D eigenvalue weighted by Crippen LogP contribution is -2.58. The van der Waals surface area contributed by atoms with Crippen LogP contribution in [0.5, 0.6) is 0 Å². The molecule has 4 rings (SSSR count). The van der Waals surface area contributed by atoms with E-state index in [-0.39, 0.29) is 60.1 Å². The lowest BCUT2D eigenvalue weighted by molar-refractivity contribution is -0.148. The van der Waals surface area contributed by atoms with Crippen LogP contribution in [-0.4, -0.2) is 145 Å². The summed E-state index contributed by atoms with van der Waals surface area (Å²) >= 11 is 0. The third-order valence-corrected chi connectivity index (χ3v) is 14.1. The fourth-order valence-corrected chi connectivity index (χ4v) is 10.0. The van der Waals surface area contributed by atoms with Crippen molar-refractivity contribution in [1.82, 2.24) is 30.7 Å². The zero-order valence-corrected chi connectivity index (χ0v) is 40.7. The summed E-state index contributed by atoms with van der Waals surface area (Å²) in [6.45, 7) is 11.3. The van der Waals surface area contributed by atoms with E-state index in [0.717, 1.165) is 57.1 Å². The van der Waals surface area contributed by atoms with Gasteiger partial charge >= 0.3 is 5.97 Å². The first-order valence-electron chi connectivity index (χ1n) is 24.3. The van der Waals surface area contributed by atoms with Crippen molar-refractivity contribution in [2.45, 2.75) is 161 Å². The van der Waals surface area contributed by atoms with E-state index in [1.807, 2.05) is 58.0 Å². The molecule has 16 nitrogen and oxygen atoms in total. The normalized spacial score (nSPS) is 21.6. The zero-order chi connectivity index (χ0) is 48.5. The SMILES string of the molecule is CC[C@H](C)[C@@H]([C@@H](CC(=O)N1CCC[C@H]1[C@H](OC)[C@@H](C)C(=O)N[C@@H](Cc1ccccc1)C(=O)O)OC)N(C)C(=O)[C@@H](NC(=O)C[C@H]1CC[C@H](NCCCCCCN2C(=O)C=CC2=O)C1)C(C)C. The standard InChI is InChI=1S/C50H78N6O10/c1-9-33(4)46(40(65-7)31-44(60)55-27-17-20-39(55)47(66-8)34(5)48(61)52-38(50(63)64)29-35-18-13-12-14-19-35)54(6)49(62)45(32(2)3)53-41(57)30-36-21-22-37(28-36)51-25-15-10-11-16-26-56-42(58)23-24-43(56)59/h12-14,18-19,23-24,32-34,36-40,45-47,51H,9-11,15-17,20-22,25-31H2,1-8H3,(H,52,61)(H,53,57)(H,63,64)/t33-,34+,36-,37-,38-,39-,40+,45-,46-,47+/m0/s1. The molecule has 10 atom stereocenters. The van der Waals surface area contributed by atoms with Crippen molar-refractivity contribution in [3.63, 3.8) is 0 Å². The minimum absolute atomic E-state index is 0.0224. The number of carbonyl (C=O) groups is 7. The Hall–Kier alpha value is -4.67. The average molecular weight is 923 g/mol. The number of hydrogen-bond acceptors (Lipinski definition) is 10. The van der Waals surface area contributed by atoms with Gasteiger partial charge in [0.25, 0.3) is 11.8 Å². The number of carboxylic acids is 1. The van der Waals surface area contributed by atoms with Gasteiger partial charge in [-0.2, -0.15) is 0 Å². The van der Waals surface area contributed by atoms with Crippen LogP contribution in [0.25, 0.3) is 0 Å². The number of imide groups is 1. The third-order valence-electron chi connectivity index (χ3n) is 14.1. The van der Waals surface area contributed by atoms with Gasteiger partial charge in [0, 0.05) is 65.4 Å². The lowest BCUT2D eigenvalue weighted by Gasteiger charge is -2.41. The number of nitrogens with zero attached hydrogens (tertiary/aromatic N) is 3. The zero-order valence-electron chi connectivity index (χ0n) is 40.7. The molecule has 0 radical (unpaired) electrons. The molecular formula is C50H78N6O10. The van der Waals surface area contributed by atoms with Gasteiger partial charge in [-0.15, -0.1) is 0 Å². The van der Waals surface area contributed by atoms with Crippen LogP contribution in [0, 0.1) is 23.7 Å². The van der Waals surface area contributed by atoms with E-state index in [1.54, 1.807) is 30.9 Å². The average Bonchev–Trinajstić information content (AvgIpc) is 4.05. The third kappa shape index (κ3) is 15.2. The first kappa shape index (κ1) is 53.9. The van der Waals surface area contributed by atoms with Crippen LogP contribution >= 0.6 is 0 Å². The summed E-state index contributed by atoms with van der Waals surface area (Å²) in [5.41, 5.74) is 0.779. The first-order chi connectivity index (χ1) is 31.5. The monoisotopic (exact) mass is 923 g/mol. The highest BCUT2D eigenvalue weighted by Gasteiger charge is 2.43. The van der Waals surface area contributed by atoms with Crippen LogP contribution in [0.4, 0.5) is 0 Å². The largest absolute Gasteiger partial charge is 0.480 e. The molecule has 16 heteroatoms. The first-order valence-corrected chi connectivity index (χ1v) is 24.3. The van der Waals surface area contributed by atoms with E-state index in [9.17, 15) is 38.7 Å². The number of unbranched alkanes of at least 4 members (excludes halogenated alkanes) is 3. The topological polar surface area (TPSA) is 204 Å².